The Morgan fingerprint density at radius 3 is 1.24 bits per heavy atom. The van der Waals surface area contributed by atoms with Crippen LogP contribution >= 0.6 is 7.14 Å². The summed E-state index contributed by atoms with van der Waals surface area (Å²) in [5, 5.41) is 12.6. The van der Waals surface area contributed by atoms with Crippen LogP contribution in [0.5, 0.6) is 0 Å². The predicted octanol–water partition coefficient (Wildman–Crippen LogP) is 12.4. The van der Waals surface area contributed by atoms with Crippen molar-refractivity contribution in [3.05, 3.63) is 234 Å². The Kier molecular flexibility index (Phi) is 7.84. The van der Waals surface area contributed by atoms with Crippen LogP contribution in [0.3, 0.4) is 0 Å². The van der Waals surface area contributed by atoms with E-state index in [1.165, 1.54) is 70.9 Å². The van der Waals surface area contributed by atoms with Gasteiger partial charge in [0.15, 0.2) is 7.14 Å². The first-order chi connectivity index (χ1) is 27.0. The molecular weight excluding hydrogens is 684 g/mol. The molecule has 0 aromatic heterocycles. The van der Waals surface area contributed by atoms with Gasteiger partial charge in [-0.1, -0.05) is 199 Å². The van der Waals surface area contributed by atoms with Crippen LogP contribution in [0, 0.1) is 13.8 Å². The molecule has 0 spiro atoms. The number of rotatable bonds is 7. The van der Waals surface area contributed by atoms with Gasteiger partial charge in [0, 0.05) is 15.9 Å². The van der Waals surface area contributed by atoms with Crippen LogP contribution in [0.4, 0.5) is 0 Å². The molecule has 10 aromatic carbocycles. The molecule has 0 aliphatic rings. The Balaban J connectivity index is 1.31. The summed E-state index contributed by atoms with van der Waals surface area (Å²) in [5.41, 5.74) is 6.40. The molecule has 1 nitrogen and oxygen atoms in total. The molecule has 0 aliphatic carbocycles. The molecule has 0 fully saturated rings. The first-order valence-electron chi connectivity index (χ1n) is 19.0. The van der Waals surface area contributed by atoms with Gasteiger partial charge in [-0.05, 0) is 91.3 Å². The van der Waals surface area contributed by atoms with E-state index in [1.807, 2.05) is 60.7 Å². The van der Waals surface area contributed by atoms with E-state index in [1.54, 1.807) is 0 Å². The maximum Gasteiger partial charge on any atom is 0.171 e. The normalized spacial score (nSPS) is 12.3. The lowest BCUT2D eigenvalue weighted by molar-refractivity contribution is 0.592. The lowest BCUT2D eigenvalue weighted by atomic mass is 9.64. The van der Waals surface area contributed by atoms with Gasteiger partial charge in [-0.25, -0.2) is 0 Å². The molecule has 0 atom stereocenters. The van der Waals surface area contributed by atoms with Crippen LogP contribution in [-0.2, 0) is 9.98 Å². The second-order valence-electron chi connectivity index (χ2n) is 14.9. The summed E-state index contributed by atoms with van der Waals surface area (Å²) in [7, 11) is -3.18. The zero-order valence-electron chi connectivity index (χ0n) is 30.9. The summed E-state index contributed by atoms with van der Waals surface area (Å²) in [6.45, 7) is 4.30. The van der Waals surface area contributed by atoms with Crippen molar-refractivity contribution in [2.24, 2.45) is 0 Å². The Hall–Kier alpha value is -6.27. The molecular formula is C53H39OP. The van der Waals surface area contributed by atoms with Crippen molar-refractivity contribution in [2.45, 2.75) is 19.3 Å². The summed E-state index contributed by atoms with van der Waals surface area (Å²) < 4.78 is 15.5. The van der Waals surface area contributed by atoms with Gasteiger partial charge in [0.25, 0.3) is 0 Å². The van der Waals surface area contributed by atoms with Gasteiger partial charge in [0.2, 0.25) is 0 Å². The lowest BCUT2D eigenvalue weighted by Gasteiger charge is -2.38. The van der Waals surface area contributed by atoms with Crippen LogP contribution in [0.15, 0.2) is 200 Å². The average molecular weight is 723 g/mol. The van der Waals surface area contributed by atoms with E-state index in [0.29, 0.717) is 0 Å². The summed E-state index contributed by atoms with van der Waals surface area (Å²) >= 11 is 0. The monoisotopic (exact) mass is 722 g/mol. The van der Waals surface area contributed by atoms with Crippen molar-refractivity contribution < 1.29 is 4.57 Å². The summed E-state index contributed by atoms with van der Waals surface area (Å²) in [4.78, 5) is 0. The van der Waals surface area contributed by atoms with E-state index < -0.39 is 12.6 Å². The Labute approximate surface area is 322 Å². The third-order valence-corrected chi connectivity index (χ3v) is 14.8. The van der Waals surface area contributed by atoms with Gasteiger partial charge >= 0.3 is 0 Å². The fourth-order valence-electron chi connectivity index (χ4n) is 9.12. The highest BCUT2D eigenvalue weighted by atomic mass is 31.2. The van der Waals surface area contributed by atoms with Gasteiger partial charge in [-0.2, -0.15) is 0 Å². The minimum absolute atomic E-state index is 0.699. The van der Waals surface area contributed by atoms with Crippen LogP contribution in [-0.4, -0.2) is 0 Å². The van der Waals surface area contributed by atoms with E-state index >= 15 is 4.57 Å². The van der Waals surface area contributed by atoms with Crippen molar-refractivity contribution in [3.63, 3.8) is 0 Å². The fraction of sp³-hybridized carbons (Fsp3) is 0.0566. The minimum Gasteiger partial charge on any atom is -0.309 e. The first-order valence-corrected chi connectivity index (χ1v) is 20.7. The predicted molar refractivity (Wildman–Crippen MR) is 235 cm³/mol. The largest absolute Gasteiger partial charge is 0.309 e. The minimum atomic E-state index is -3.18. The molecule has 55 heavy (non-hydrogen) atoms. The topological polar surface area (TPSA) is 17.1 Å². The van der Waals surface area contributed by atoms with Gasteiger partial charge in [0.1, 0.15) is 0 Å². The van der Waals surface area contributed by atoms with Crippen LogP contribution in [0.1, 0.15) is 33.4 Å². The molecule has 0 saturated heterocycles. The van der Waals surface area contributed by atoms with Gasteiger partial charge < -0.3 is 4.57 Å². The Morgan fingerprint density at radius 2 is 0.745 bits per heavy atom. The number of fused-ring (bicyclic) bond motifs is 2. The van der Waals surface area contributed by atoms with E-state index in [9.17, 15) is 0 Å². The molecule has 2 heteroatoms. The van der Waals surface area contributed by atoms with E-state index in [0.717, 1.165) is 21.5 Å². The lowest BCUT2D eigenvalue weighted by Crippen LogP contribution is -2.32. The third-order valence-electron chi connectivity index (χ3n) is 11.8. The van der Waals surface area contributed by atoms with Gasteiger partial charge in [0.05, 0.1) is 5.41 Å². The number of hydrogen-bond acceptors (Lipinski definition) is 1. The van der Waals surface area contributed by atoms with Crippen molar-refractivity contribution >= 4 is 66.1 Å². The molecule has 0 heterocycles. The van der Waals surface area contributed by atoms with Crippen molar-refractivity contribution in [2.75, 3.05) is 0 Å². The molecule has 10 rings (SSSR count). The van der Waals surface area contributed by atoms with Crippen LogP contribution in [0.25, 0.3) is 43.1 Å². The maximum atomic E-state index is 15.5. The molecule has 0 N–H and O–H groups in total. The number of hydrogen-bond donors (Lipinski definition) is 0. The van der Waals surface area contributed by atoms with E-state index in [-0.39, 0.29) is 0 Å². The Morgan fingerprint density at radius 1 is 0.345 bits per heavy atom. The molecule has 0 unspecified atom stereocenters. The second kappa shape index (κ2) is 12.9. The second-order valence-corrected chi connectivity index (χ2v) is 17.7. The van der Waals surface area contributed by atoms with Crippen molar-refractivity contribution in [1.82, 2.24) is 0 Å². The highest BCUT2D eigenvalue weighted by molar-refractivity contribution is 7.85. The average Bonchev–Trinajstić information content (AvgIpc) is 3.24. The first kappa shape index (κ1) is 33.3. The summed E-state index contributed by atoms with van der Waals surface area (Å²) in [5.74, 6) is 0. The summed E-state index contributed by atoms with van der Waals surface area (Å²) in [6.07, 6.45) is 0. The Bertz CT molecular complexity index is 2940. The quantitative estimate of drug-likeness (QED) is 0.0693. The maximum absolute atomic E-state index is 15.5. The van der Waals surface area contributed by atoms with E-state index in [4.69, 9.17) is 0 Å². The fourth-order valence-corrected chi connectivity index (χ4v) is 11.8. The van der Waals surface area contributed by atoms with Gasteiger partial charge in [-0.15, -0.1) is 0 Å². The van der Waals surface area contributed by atoms with Crippen LogP contribution in [0.2, 0.25) is 0 Å². The molecule has 10 aromatic rings. The smallest absolute Gasteiger partial charge is 0.171 e. The molecule has 0 bridgehead atoms. The van der Waals surface area contributed by atoms with E-state index in [2.05, 4.69) is 153 Å². The molecule has 0 radical (unpaired) electrons. The highest BCUT2D eigenvalue weighted by Gasteiger charge is 2.40. The molecule has 0 saturated carbocycles. The van der Waals surface area contributed by atoms with Crippen molar-refractivity contribution in [1.29, 1.82) is 0 Å². The summed E-state index contributed by atoms with van der Waals surface area (Å²) in [6, 6.07) is 71.7. The van der Waals surface area contributed by atoms with Crippen molar-refractivity contribution in [3.8, 4) is 0 Å². The molecule has 0 amide bonds. The van der Waals surface area contributed by atoms with Crippen LogP contribution < -0.4 is 15.9 Å². The standard InChI is InChI=1S/C53H39OP/c1-36-22-26-40(27-23-36)53(41-28-24-37(2)25-29-41,42-30-32-46(33-31-42)55(54,44-15-5-3-6-16-44)45-17-7-4-8-18-45)43-34-39-14-11-20-48-47-19-9-12-38-13-10-21-49(51(38)47)50(35-43)52(39)48/h3-35H,1-2H3. The number of benzene rings is 10. The zero-order chi connectivity index (χ0) is 37.1. The third kappa shape index (κ3) is 5.11. The zero-order valence-corrected chi connectivity index (χ0v) is 31.8. The van der Waals surface area contributed by atoms with Gasteiger partial charge in [-0.3, -0.25) is 0 Å². The SMILES string of the molecule is Cc1ccc(C(c2ccc(C)cc2)(c2ccc(P(=O)(c3ccccc3)c3ccccc3)cc2)c2cc3cccc4c5cccc6cccc(c(c2)c34)c65)cc1. The highest BCUT2D eigenvalue weighted by Crippen LogP contribution is 2.50. The molecule has 262 valence electrons. The molecule has 0 aliphatic heterocycles. The number of aryl methyl sites for hydroxylation is 2.